The van der Waals surface area contributed by atoms with Crippen LogP contribution < -0.4 is 5.73 Å². The SMILES string of the molecule is CC1(c2ccc(-n3ccnc3)cc2)C(=O)N(Cc2ccc3ccc(C(=N)N)cc3c2)C(=O)N1Cc1ccccc1. The summed E-state index contributed by atoms with van der Waals surface area (Å²) in [7, 11) is 0. The highest BCUT2D eigenvalue weighted by atomic mass is 16.2. The minimum absolute atomic E-state index is 0.0106. The second kappa shape index (κ2) is 9.81. The summed E-state index contributed by atoms with van der Waals surface area (Å²) in [5, 5.41) is 9.64. The molecule has 1 aliphatic rings. The number of nitrogens with zero attached hydrogens (tertiary/aromatic N) is 4. The van der Waals surface area contributed by atoms with Crippen molar-refractivity contribution >= 4 is 28.5 Å². The molecular formula is C32H28N6O2. The van der Waals surface area contributed by atoms with Crippen LogP contribution in [0.25, 0.3) is 16.5 Å². The Kier molecular flexibility index (Phi) is 6.15. The number of rotatable bonds is 7. The number of nitrogens with one attached hydrogen (secondary N) is 1. The number of urea groups is 1. The van der Waals surface area contributed by atoms with E-state index in [1.807, 2.05) is 109 Å². The van der Waals surface area contributed by atoms with E-state index in [1.54, 1.807) is 17.4 Å². The Morgan fingerprint density at radius 1 is 0.875 bits per heavy atom. The van der Waals surface area contributed by atoms with Crippen molar-refractivity contribution in [3.63, 3.8) is 0 Å². The quantitative estimate of drug-likeness (QED) is 0.172. The fourth-order valence-electron chi connectivity index (χ4n) is 5.33. The second-order valence-electron chi connectivity index (χ2n) is 10.1. The standard InChI is InChI=1S/C32H28N6O2/c1-32(27-11-13-28(14-12-27)36-16-15-35-21-36)30(39)37(31(40)38(32)20-22-5-3-2-4-6-22)19-23-7-8-24-9-10-25(29(33)34)18-26(24)17-23/h2-18,21H,19-20H2,1H3,(H3,33,34). The monoisotopic (exact) mass is 528 g/mol. The van der Waals surface area contributed by atoms with E-state index in [-0.39, 0.29) is 24.3 Å². The summed E-state index contributed by atoms with van der Waals surface area (Å²) >= 11 is 0. The van der Waals surface area contributed by atoms with Crippen molar-refractivity contribution in [3.05, 3.63) is 132 Å². The molecule has 8 heteroatoms. The number of carbonyl (C=O) groups excluding carboxylic acids is 2. The van der Waals surface area contributed by atoms with Crippen molar-refractivity contribution in [2.75, 3.05) is 0 Å². The third-order valence-electron chi connectivity index (χ3n) is 7.64. The van der Waals surface area contributed by atoms with Crippen molar-refractivity contribution in [2.45, 2.75) is 25.6 Å². The van der Waals surface area contributed by atoms with Crippen LogP contribution in [0.3, 0.4) is 0 Å². The molecule has 8 nitrogen and oxygen atoms in total. The maximum absolute atomic E-state index is 14.2. The van der Waals surface area contributed by atoms with Crippen LogP contribution in [0.15, 0.2) is 110 Å². The van der Waals surface area contributed by atoms with Crippen LogP contribution >= 0.6 is 0 Å². The van der Waals surface area contributed by atoms with Crippen molar-refractivity contribution in [1.29, 1.82) is 5.41 Å². The van der Waals surface area contributed by atoms with Crippen LogP contribution in [0.4, 0.5) is 4.79 Å². The molecule has 2 heterocycles. The Balaban J connectivity index is 1.37. The average Bonchev–Trinajstić information content (AvgIpc) is 3.58. The molecule has 0 saturated carbocycles. The number of amides is 3. The van der Waals surface area contributed by atoms with E-state index < -0.39 is 5.54 Å². The van der Waals surface area contributed by atoms with Gasteiger partial charge in [0.05, 0.1) is 12.9 Å². The summed E-state index contributed by atoms with van der Waals surface area (Å²) in [5.74, 6) is -0.287. The number of aromatic nitrogens is 2. The number of nitrogen functional groups attached to an aromatic ring is 1. The maximum atomic E-state index is 14.2. The number of imidazole rings is 1. The Morgan fingerprint density at radius 3 is 2.33 bits per heavy atom. The zero-order valence-corrected chi connectivity index (χ0v) is 22.0. The Morgan fingerprint density at radius 2 is 1.62 bits per heavy atom. The first-order valence-electron chi connectivity index (χ1n) is 13.0. The summed E-state index contributed by atoms with van der Waals surface area (Å²) in [5.41, 5.74) is 8.51. The summed E-state index contributed by atoms with van der Waals surface area (Å²) in [6.45, 7) is 2.25. The lowest BCUT2D eigenvalue weighted by Gasteiger charge is -2.32. The Bertz CT molecular complexity index is 1730. The van der Waals surface area contributed by atoms with Gasteiger partial charge in [0.25, 0.3) is 5.91 Å². The predicted molar refractivity (Wildman–Crippen MR) is 154 cm³/mol. The third-order valence-corrected chi connectivity index (χ3v) is 7.64. The van der Waals surface area contributed by atoms with Crippen LogP contribution in [0.5, 0.6) is 0 Å². The molecule has 0 spiro atoms. The minimum Gasteiger partial charge on any atom is -0.384 e. The lowest BCUT2D eigenvalue weighted by molar-refractivity contribution is -0.133. The number of carbonyl (C=O) groups is 2. The van der Waals surface area contributed by atoms with E-state index in [4.69, 9.17) is 11.1 Å². The van der Waals surface area contributed by atoms with Gasteiger partial charge in [-0.25, -0.2) is 9.78 Å². The molecule has 0 bridgehead atoms. The lowest BCUT2D eigenvalue weighted by Crippen LogP contribution is -2.43. The maximum Gasteiger partial charge on any atom is 0.328 e. The number of imide groups is 1. The van der Waals surface area contributed by atoms with Gasteiger partial charge in [-0.15, -0.1) is 0 Å². The Labute approximate surface area is 231 Å². The van der Waals surface area contributed by atoms with E-state index in [0.29, 0.717) is 12.1 Å². The first-order chi connectivity index (χ1) is 19.3. The van der Waals surface area contributed by atoms with E-state index in [0.717, 1.165) is 33.2 Å². The van der Waals surface area contributed by atoms with Crippen LogP contribution in [-0.4, -0.2) is 37.1 Å². The van der Waals surface area contributed by atoms with Crippen molar-refractivity contribution in [1.82, 2.24) is 19.4 Å². The average molecular weight is 529 g/mol. The van der Waals surface area contributed by atoms with Gasteiger partial charge in [-0.05, 0) is 58.7 Å². The second-order valence-corrected chi connectivity index (χ2v) is 10.1. The number of nitrogens with two attached hydrogens (primary N) is 1. The number of benzene rings is 4. The molecule has 1 aliphatic heterocycles. The summed E-state index contributed by atoms with van der Waals surface area (Å²) in [6.07, 6.45) is 5.28. The van der Waals surface area contributed by atoms with Gasteiger partial charge in [-0.1, -0.05) is 66.7 Å². The van der Waals surface area contributed by atoms with Gasteiger partial charge in [0.2, 0.25) is 0 Å². The predicted octanol–water partition coefficient (Wildman–Crippen LogP) is 5.19. The number of fused-ring (bicyclic) bond motifs is 1. The summed E-state index contributed by atoms with van der Waals surface area (Å²) < 4.78 is 1.89. The normalized spacial score (nSPS) is 17.1. The molecule has 40 heavy (non-hydrogen) atoms. The third kappa shape index (κ3) is 4.29. The van der Waals surface area contributed by atoms with E-state index in [2.05, 4.69) is 4.98 Å². The van der Waals surface area contributed by atoms with E-state index in [9.17, 15) is 9.59 Å². The zero-order valence-electron chi connectivity index (χ0n) is 22.0. The van der Waals surface area contributed by atoms with Crippen LogP contribution in [0.1, 0.15) is 29.2 Å². The van der Waals surface area contributed by atoms with E-state index >= 15 is 0 Å². The molecule has 1 saturated heterocycles. The molecule has 198 valence electrons. The van der Waals surface area contributed by atoms with Crippen LogP contribution in [0.2, 0.25) is 0 Å². The van der Waals surface area contributed by atoms with Crippen LogP contribution in [0, 0.1) is 5.41 Å². The molecule has 0 aliphatic carbocycles. The number of amidine groups is 1. The Hall–Kier alpha value is -5.24. The van der Waals surface area contributed by atoms with Gasteiger partial charge < -0.3 is 15.2 Å². The number of hydrogen-bond donors (Lipinski definition) is 2. The first-order valence-corrected chi connectivity index (χ1v) is 13.0. The number of hydrogen-bond acceptors (Lipinski definition) is 4. The largest absolute Gasteiger partial charge is 0.384 e. The zero-order chi connectivity index (χ0) is 27.9. The highest BCUT2D eigenvalue weighted by Gasteiger charge is 2.55. The fourth-order valence-corrected chi connectivity index (χ4v) is 5.33. The van der Waals surface area contributed by atoms with Gasteiger partial charge >= 0.3 is 6.03 Å². The van der Waals surface area contributed by atoms with Crippen molar-refractivity contribution in [2.24, 2.45) is 5.73 Å². The summed E-state index contributed by atoms with van der Waals surface area (Å²) in [4.78, 5) is 35.2. The molecule has 1 aromatic heterocycles. The first kappa shape index (κ1) is 25.1. The highest BCUT2D eigenvalue weighted by molar-refractivity contribution is 6.07. The fraction of sp³-hybridized carbons (Fsp3) is 0.125. The van der Waals surface area contributed by atoms with Crippen LogP contribution in [-0.2, 0) is 23.4 Å². The molecule has 1 atom stereocenters. The van der Waals surface area contributed by atoms with Gasteiger partial charge in [-0.3, -0.25) is 15.1 Å². The minimum atomic E-state index is -1.20. The van der Waals surface area contributed by atoms with Crippen molar-refractivity contribution < 1.29 is 9.59 Å². The molecule has 4 aromatic carbocycles. The van der Waals surface area contributed by atoms with E-state index in [1.165, 1.54) is 4.90 Å². The molecule has 1 unspecified atom stereocenters. The highest BCUT2D eigenvalue weighted by Crippen LogP contribution is 2.39. The molecule has 1 fully saturated rings. The molecule has 6 rings (SSSR count). The summed E-state index contributed by atoms with van der Waals surface area (Å²) in [6, 6.07) is 28.4. The van der Waals surface area contributed by atoms with Gasteiger partial charge in [-0.2, -0.15) is 0 Å². The smallest absolute Gasteiger partial charge is 0.328 e. The molecule has 3 amide bonds. The van der Waals surface area contributed by atoms with Gasteiger partial charge in [0, 0.05) is 30.2 Å². The lowest BCUT2D eigenvalue weighted by atomic mass is 9.89. The molecule has 0 radical (unpaired) electrons. The molecular weight excluding hydrogens is 500 g/mol. The topological polar surface area (TPSA) is 108 Å². The molecule has 3 N–H and O–H groups in total. The van der Waals surface area contributed by atoms with Gasteiger partial charge in [0.15, 0.2) is 0 Å². The van der Waals surface area contributed by atoms with Gasteiger partial charge in [0.1, 0.15) is 11.4 Å². The van der Waals surface area contributed by atoms with Crippen molar-refractivity contribution in [3.8, 4) is 5.69 Å². The molecule has 5 aromatic rings.